The minimum Gasteiger partial charge on any atom is -0.489 e. The van der Waals surface area contributed by atoms with Gasteiger partial charge >= 0.3 is 0 Å². The third kappa shape index (κ3) is 4.65. The zero-order valence-corrected chi connectivity index (χ0v) is 19.1. The molecule has 3 fully saturated rings. The summed E-state index contributed by atoms with van der Waals surface area (Å²) in [6, 6.07) is 30.7. The van der Waals surface area contributed by atoms with Gasteiger partial charge in [-0.15, -0.1) is 0 Å². The molecule has 2 atom stereocenters. The first-order chi connectivity index (χ1) is 16.3. The number of nitrogens with zero attached hydrogens (tertiary/aromatic N) is 2. The summed E-state index contributed by atoms with van der Waals surface area (Å²) in [5, 5.41) is 0. The van der Waals surface area contributed by atoms with Gasteiger partial charge in [0.25, 0.3) is 0 Å². The maximum absolute atomic E-state index is 5.88. The fraction of sp³-hybridized carbons (Fsp3) is 0.300. The SMILES string of the molecule is C=CCOc1ccccc1/C=N/[C@@H]1C2CCN(CC2)[C@H]1C(c1ccccc1)c1ccccc1. The second-order valence-electron chi connectivity index (χ2n) is 9.07. The van der Waals surface area contributed by atoms with E-state index >= 15 is 0 Å². The molecule has 33 heavy (non-hydrogen) atoms. The molecule has 3 aromatic rings. The van der Waals surface area contributed by atoms with Gasteiger partial charge in [0.15, 0.2) is 0 Å². The van der Waals surface area contributed by atoms with E-state index in [0.29, 0.717) is 24.5 Å². The Morgan fingerprint density at radius 1 is 0.879 bits per heavy atom. The van der Waals surface area contributed by atoms with Gasteiger partial charge in [-0.2, -0.15) is 0 Å². The monoisotopic (exact) mass is 436 g/mol. The second kappa shape index (κ2) is 10.2. The summed E-state index contributed by atoms with van der Waals surface area (Å²) < 4.78 is 5.88. The molecule has 0 N–H and O–H groups in total. The summed E-state index contributed by atoms with van der Waals surface area (Å²) in [4.78, 5) is 7.97. The molecule has 3 heteroatoms. The number of benzene rings is 3. The van der Waals surface area contributed by atoms with Crippen molar-refractivity contribution in [3.8, 4) is 5.75 Å². The van der Waals surface area contributed by atoms with Crippen molar-refractivity contribution in [2.45, 2.75) is 30.8 Å². The van der Waals surface area contributed by atoms with Crippen LogP contribution < -0.4 is 4.74 Å². The summed E-state index contributed by atoms with van der Waals surface area (Å²) in [7, 11) is 0. The molecule has 0 radical (unpaired) electrons. The van der Waals surface area contributed by atoms with Crippen molar-refractivity contribution < 1.29 is 4.74 Å². The quantitative estimate of drug-likeness (QED) is 0.321. The van der Waals surface area contributed by atoms with E-state index in [1.54, 1.807) is 6.08 Å². The molecule has 0 aliphatic carbocycles. The van der Waals surface area contributed by atoms with Gasteiger partial charge < -0.3 is 4.74 Å². The summed E-state index contributed by atoms with van der Waals surface area (Å²) in [5.74, 6) is 1.78. The third-order valence-corrected chi connectivity index (χ3v) is 7.15. The fourth-order valence-corrected chi connectivity index (χ4v) is 5.61. The highest BCUT2D eigenvalue weighted by Crippen LogP contribution is 2.43. The molecule has 3 heterocycles. The largest absolute Gasteiger partial charge is 0.489 e. The molecule has 0 unspecified atom stereocenters. The first-order valence-corrected chi connectivity index (χ1v) is 12.0. The van der Waals surface area contributed by atoms with Crippen molar-refractivity contribution in [3.05, 3.63) is 114 Å². The van der Waals surface area contributed by atoms with E-state index < -0.39 is 0 Å². The highest BCUT2D eigenvalue weighted by atomic mass is 16.5. The highest BCUT2D eigenvalue weighted by Gasteiger charge is 2.46. The number of fused-ring (bicyclic) bond motifs is 3. The lowest BCUT2D eigenvalue weighted by Gasteiger charge is -2.52. The Morgan fingerprint density at radius 3 is 2.12 bits per heavy atom. The molecule has 0 amide bonds. The Balaban J connectivity index is 1.52. The van der Waals surface area contributed by atoms with Gasteiger partial charge in [-0.1, -0.05) is 85.5 Å². The maximum Gasteiger partial charge on any atom is 0.128 e. The Morgan fingerprint density at radius 2 is 1.48 bits per heavy atom. The normalized spacial score (nSPS) is 24.3. The molecule has 3 aliphatic heterocycles. The highest BCUT2D eigenvalue weighted by molar-refractivity contribution is 5.83. The van der Waals surface area contributed by atoms with Gasteiger partial charge in [-0.05, 0) is 55.1 Å². The van der Waals surface area contributed by atoms with Gasteiger partial charge in [0.05, 0.1) is 6.04 Å². The molecule has 3 aromatic carbocycles. The first kappa shape index (κ1) is 21.7. The molecular formula is C30H32N2O. The van der Waals surface area contributed by atoms with E-state index in [4.69, 9.17) is 9.73 Å². The van der Waals surface area contributed by atoms with Gasteiger partial charge in [0, 0.05) is 23.7 Å². The maximum atomic E-state index is 5.88. The van der Waals surface area contributed by atoms with Crippen molar-refractivity contribution >= 4 is 6.21 Å². The van der Waals surface area contributed by atoms with Crippen molar-refractivity contribution in [2.24, 2.45) is 10.9 Å². The van der Waals surface area contributed by atoms with Crippen molar-refractivity contribution in [3.63, 3.8) is 0 Å². The number of piperidine rings is 3. The van der Waals surface area contributed by atoms with Crippen LogP contribution in [-0.4, -0.2) is 42.9 Å². The first-order valence-electron chi connectivity index (χ1n) is 12.0. The number of hydrogen-bond donors (Lipinski definition) is 0. The minimum absolute atomic E-state index is 0.255. The molecule has 0 saturated carbocycles. The van der Waals surface area contributed by atoms with Crippen molar-refractivity contribution in [1.82, 2.24) is 4.90 Å². The Bertz CT molecular complexity index is 1030. The van der Waals surface area contributed by atoms with Gasteiger partial charge in [0.2, 0.25) is 0 Å². The van der Waals surface area contributed by atoms with Gasteiger partial charge in [0.1, 0.15) is 12.4 Å². The van der Waals surface area contributed by atoms with Gasteiger partial charge in [-0.25, -0.2) is 0 Å². The lowest BCUT2D eigenvalue weighted by atomic mass is 9.71. The Labute approximate surface area is 197 Å². The topological polar surface area (TPSA) is 24.8 Å². The van der Waals surface area contributed by atoms with Crippen LogP contribution in [-0.2, 0) is 0 Å². The third-order valence-electron chi connectivity index (χ3n) is 7.15. The van der Waals surface area contributed by atoms with Crippen LogP contribution in [0.1, 0.15) is 35.4 Å². The summed E-state index contributed by atoms with van der Waals surface area (Å²) in [6.07, 6.45) is 6.28. The lowest BCUT2D eigenvalue weighted by Crippen LogP contribution is -2.59. The van der Waals surface area contributed by atoms with Crippen LogP contribution in [0, 0.1) is 5.92 Å². The van der Waals surface area contributed by atoms with E-state index in [1.165, 1.54) is 24.0 Å². The van der Waals surface area contributed by atoms with Crippen LogP contribution in [0.4, 0.5) is 0 Å². The van der Waals surface area contributed by atoms with E-state index in [2.05, 4.69) is 78.2 Å². The van der Waals surface area contributed by atoms with Crippen LogP contribution in [0.2, 0.25) is 0 Å². The molecule has 2 bridgehead atoms. The molecular weight excluding hydrogens is 404 g/mol. The van der Waals surface area contributed by atoms with E-state index in [0.717, 1.165) is 24.4 Å². The number of ether oxygens (including phenoxy) is 1. The molecule has 0 aromatic heterocycles. The predicted molar refractivity (Wildman–Crippen MR) is 136 cm³/mol. The predicted octanol–water partition coefficient (Wildman–Crippen LogP) is 5.97. The molecule has 168 valence electrons. The Kier molecular flexibility index (Phi) is 6.68. The number of aliphatic imine (C=N–C) groups is 1. The smallest absolute Gasteiger partial charge is 0.128 e. The van der Waals surface area contributed by atoms with Crippen LogP contribution in [0.25, 0.3) is 0 Å². The Hall–Kier alpha value is -3.17. The molecule has 3 aliphatic rings. The van der Waals surface area contributed by atoms with Crippen LogP contribution >= 0.6 is 0 Å². The number of hydrogen-bond acceptors (Lipinski definition) is 3. The zero-order chi connectivity index (χ0) is 22.5. The fourth-order valence-electron chi connectivity index (χ4n) is 5.61. The second-order valence-corrected chi connectivity index (χ2v) is 9.07. The molecule has 0 spiro atoms. The molecule has 3 saturated heterocycles. The number of para-hydroxylation sites is 1. The summed E-state index contributed by atoms with van der Waals surface area (Å²) >= 11 is 0. The average molecular weight is 437 g/mol. The standard InChI is InChI=1S/C30H32N2O/c1-2-21-33-27-16-10-9-15-26(27)22-31-29-25-17-19-32(20-18-25)30(29)28(23-11-5-3-6-12-23)24-13-7-4-8-14-24/h2-16,22,25,28-30H,1,17-21H2/b31-22+/t29-,30+/m1/s1. The van der Waals surface area contributed by atoms with Gasteiger partial charge in [-0.3, -0.25) is 9.89 Å². The number of rotatable bonds is 8. The van der Waals surface area contributed by atoms with Crippen LogP contribution in [0.15, 0.2) is 103 Å². The zero-order valence-electron chi connectivity index (χ0n) is 19.1. The summed E-state index contributed by atoms with van der Waals surface area (Å²) in [6.45, 7) is 6.60. The van der Waals surface area contributed by atoms with Crippen LogP contribution in [0.5, 0.6) is 5.75 Å². The van der Waals surface area contributed by atoms with Crippen LogP contribution in [0.3, 0.4) is 0 Å². The summed E-state index contributed by atoms with van der Waals surface area (Å²) in [5.41, 5.74) is 3.78. The molecule has 3 nitrogen and oxygen atoms in total. The minimum atomic E-state index is 0.255. The van der Waals surface area contributed by atoms with E-state index in [-0.39, 0.29) is 6.04 Å². The van der Waals surface area contributed by atoms with E-state index in [9.17, 15) is 0 Å². The van der Waals surface area contributed by atoms with Crippen molar-refractivity contribution in [2.75, 3.05) is 19.7 Å². The molecule has 6 rings (SSSR count). The average Bonchev–Trinajstić information content (AvgIpc) is 2.89. The van der Waals surface area contributed by atoms with E-state index in [1.807, 2.05) is 24.4 Å². The van der Waals surface area contributed by atoms with Crippen molar-refractivity contribution in [1.29, 1.82) is 0 Å². The lowest BCUT2D eigenvalue weighted by molar-refractivity contribution is 0.0215.